The van der Waals surface area contributed by atoms with Gasteiger partial charge in [-0.15, -0.1) is 0 Å². The number of H-pyrrole nitrogens is 1. The molecule has 4 aliphatic rings. The Balaban J connectivity index is 1.30. The van der Waals surface area contributed by atoms with E-state index in [-0.39, 0.29) is 11.3 Å². The molecule has 4 heterocycles. The lowest BCUT2D eigenvalue weighted by atomic mass is 9.69. The van der Waals surface area contributed by atoms with Gasteiger partial charge in [0.05, 0.1) is 12.5 Å². The first kappa shape index (κ1) is 16.5. The number of carbonyl (C=O) groups is 1. The number of hydrogen-bond donors (Lipinski definition) is 2. The zero-order valence-corrected chi connectivity index (χ0v) is 15.5. The first-order chi connectivity index (χ1) is 13.1. The largest absolute Gasteiger partial charge is 0.337 e. The van der Waals surface area contributed by atoms with Crippen LogP contribution in [0.5, 0.6) is 0 Å². The molecule has 9 heteroatoms. The molecule has 1 amide bonds. The minimum atomic E-state index is -0.371. The predicted octanol–water partition coefficient (Wildman–Crippen LogP) is 1.81. The second-order valence-corrected chi connectivity index (χ2v) is 7.81. The van der Waals surface area contributed by atoms with Crippen molar-refractivity contribution in [1.82, 2.24) is 25.2 Å². The maximum atomic E-state index is 12.6. The standard InChI is InChI=1S/C18H23N7O2/c1-24(27-2)16(26)18-8-12(9-18)25(10-18)17-19-6-5-14(21-17)20-15-7-13(22-23-15)11-3-4-11/h5-7,11-12H,3-4,8-10H2,1-2H3,(H2,19,20,21,22,23). The molecule has 2 bridgehead atoms. The van der Waals surface area contributed by atoms with Gasteiger partial charge in [-0.25, -0.2) is 10.0 Å². The quantitative estimate of drug-likeness (QED) is 0.749. The summed E-state index contributed by atoms with van der Waals surface area (Å²) in [4.78, 5) is 28.9. The van der Waals surface area contributed by atoms with Crippen molar-refractivity contribution in [1.29, 1.82) is 0 Å². The molecule has 9 nitrogen and oxygen atoms in total. The van der Waals surface area contributed by atoms with E-state index in [1.165, 1.54) is 30.7 Å². The Bertz CT molecular complexity index is 872. The summed E-state index contributed by atoms with van der Waals surface area (Å²) in [6.07, 6.45) is 5.85. The van der Waals surface area contributed by atoms with E-state index in [1.54, 1.807) is 13.2 Å². The summed E-state index contributed by atoms with van der Waals surface area (Å²) in [6, 6.07) is 4.18. The lowest BCUT2D eigenvalue weighted by Gasteiger charge is -2.37. The van der Waals surface area contributed by atoms with E-state index in [0.717, 1.165) is 18.7 Å². The molecule has 6 rings (SSSR count). The topological polar surface area (TPSA) is 99.3 Å². The van der Waals surface area contributed by atoms with Crippen molar-refractivity contribution in [3.8, 4) is 0 Å². The zero-order chi connectivity index (χ0) is 18.6. The van der Waals surface area contributed by atoms with Gasteiger partial charge in [-0.2, -0.15) is 10.1 Å². The first-order valence-corrected chi connectivity index (χ1v) is 9.32. The van der Waals surface area contributed by atoms with Gasteiger partial charge in [0.15, 0.2) is 5.82 Å². The molecule has 0 aromatic carbocycles. The van der Waals surface area contributed by atoms with Crippen LogP contribution in [0.1, 0.15) is 37.3 Å². The van der Waals surface area contributed by atoms with Crippen molar-refractivity contribution in [3.63, 3.8) is 0 Å². The zero-order valence-electron chi connectivity index (χ0n) is 15.5. The van der Waals surface area contributed by atoms with Gasteiger partial charge in [-0.05, 0) is 31.7 Å². The van der Waals surface area contributed by atoms with E-state index in [2.05, 4.69) is 30.4 Å². The molecule has 0 radical (unpaired) electrons. The third kappa shape index (κ3) is 2.73. The fourth-order valence-corrected chi connectivity index (χ4v) is 4.23. The number of carbonyl (C=O) groups excluding carboxylic acids is 1. The average molecular weight is 369 g/mol. The first-order valence-electron chi connectivity index (χ1n) is 9.32. The molecule has 0 spiro atoms. The van der Waals surface area contributed by atoms with E-state index in [1.807, 2.05) is 12.1 Å². The van der Waals surface area contributed by atoms with Crippen molar-refractivity contribution < 1.29 is 9.63 Å². The third-order valence-corrected chi connectivity index (χ3v) is 5.95. The van der Waals surface area contributed by atoms with Gasteiger partial charge in [0.25, 0.3) is 5.91 Å². The van der Waals surface area contributed by atoms with E-state index >= 15 is 0 Å². The molecule has 2 saturated heterocycles. The highest BCUT2D eigenvalue weighted by Gasteiger charge is 2.61. The monoisotopic (exact) mass is 369 g/mol. The maximum Gasteiger partial charge on any atom is 0.254 e. The Hall–Kier alpha value is -2.68. The number of fused-ring (bicyclic) bond motifs is 1. The van der Waals surface area contributed by atoms with E-state index in [4.69, 9.17) is 4.84 Å². The van der Waals surface area contributed by atoms with Crippen LogP contribution in [-0.2, 0) is 9.63 Å². The summed E-state index contributed by atoms with van der Waals surface area (Å²) in [7, 11) is 3.17. The minimum absolute atomic E-state index is 0.0298. The lowest BCUT2D eigenvalue weighted by molar-refractivity contribution is -0.182. The Morgan fingerprint density at radius 3 is 2.96 bits per heavy atom. The SMILES string of the molecule is CON(C)C(=O)C12CC(C1)N(c1nccc(Nc3cc(C4CC4)[nH]n3)n1)C2. The number of rotatable bonds is 6. The van der Waals surface area contributed by atoms with Crippen LogP contribution in [-0.4, -0.2) is 57.9 Å². The van der Waals surface area contributed by atoms with Crippen molar-refractivity contribution in [2.24, 2.45) is 5.41 Å². The van der Waals surface area contributed by atoms with Gasteiger partial charge in [0.2, 0.25) is 5.95 Å². The average Bonchev–Trinajstić information content (AvgIpc) is 3.12. The second-order valence-electron chi connectivity index (χ2n) is 7.81. The van der Waals surface area contributed by atoms with Crippen LogP contribution in [0.4, 0.5) is 17.6 Å². The normalized spacial score (nSPS) is 26.0. The molecule has 27 heavy (non-hydrogen) atoms. The number of anilines is 3. The fraction of sp³-hybridized carbons (Fsp3) is 0.556. The summed E-state index contributed by atoms with van der Waals surface area (Å²) in [5.74, 6) is 2.77. The molecule has 2 saturated carbocycles. The molecular formula is C18H23N7O2. The molecule has 2 aromatic rings. The highest BCUT2D eigenvalue weighted by atomic mass is 16.7. The van der Waals surface area contributed by atoms with Crippen molar-refractivity contribution in [2.45, 2.75) is 37.6 Å². The van der Waals surface area contributed by atoms with Gasteiger partial charge in [0.1, 0.15) is 5.82 Å². The number of amides is 1. The van der Waals surface area contributed by atoms with E-state index in [9.17, 15) is 4.79 Å². The summed E-state index contributed by atoms with van der Waals surface area (Å²) in [6.45, 7) is 0.627. The number of nitrogens with one attached hydrogen (secondary N) is 2. The van der Waals surface area contributed by atoms with Crippen LogP contribution in [0.25, 0.3) is 0 Å². The van der Waals surface area contributed by atoms with Crippen molar-refractivity contribution >= 4 is 23.5 Å². The summed E-state index contributed by atoms with van der Waals surface area (Å²) in [5.41, 5.74) is 0.804. The molecule has 0 atom stereocenters. The van der Waals surface area contributed by atoms with Crippen molar-refractivity contribution in [2.75, 3.05) is 30.9 Å². The van der Waals surface area contributed by atoms with Crippen LogP contribution in [0.3, 0.4) is 0 Å². The summed E-state index contributed by atoms with van der Waals surface area (Å²) < 4.78 is 0. The molecule has 4 fully saturated rings. The highest BCUT2D eigenvalue weighted by Crippen LogP contribution is 2.53. The number of aromatic nitrogens is 4. The molecular weight excluding hydrogens is 346 g/mol. The van der Waals surface area contributed by atoms with Gasteiger partial charge in [0, 0.05) is 43.5 Å². The fourth-order valence-electron chi connectivity index (χ4n) is 4.23. The Kier molecular flexibility index (Phi) is 3.61. The molecule has 2 aliphatic heterocycles. The van der Waals surface area contributed by atoms with Crippen LogP contribution >= 0.6 is 0 Å². The van der Waals surface area contributed by atoms with Crippen LogP contribution in [0, 0.1) is 5.41 Å². The molecule has 0 unspecified atom stereocenters. The molecule has 142 valence electrons. The predicted molar refractivity (Wildman–Crippen MR) is 98.5 cm³/mol. The van der Waals surface area contributed by atoms with E-state index in [0.29, 0.717) is 30.3 Å². The molecule has 2 N–H and O–H groups in total. The summed E-state index contributed by atoms with van der Waals surface area (Å²) >= 11 is 0. The van der Waals surface area contributed by atoms with Gasteiger partial charge in [-0.1, -0.05) is 0 Å². The van der Waals surface area contributed by atoms with Crippen LogP contribution in [0.2, 0.25) is 0 Å². The van der Waals surface area contributed by atoms with Crippen molar-refractivity contribution in [3.05, 3.63) is 24.0 Å². The molecule has 2 aliphatic carbocycles. The number of nitrogens with zero attached hydrogens (tertiary/aromatic N) is 5. The van der Waals surface area contributed by atoms with Crippen LogP contribution in [0.15, 0.2) is 18.3 Å². The smallest absolute Gasteiger partial charge is 0.254 e. The molecule has 2 aromatic heterocycles. The number of hydrogen-bond acceptors (Lipinski definition) is 7. The van der Waals surface area contributed by atoms with Gasteiger partial charge in [-0.3, -0.25) is 14.7 Å². The van der Waals surface area contributed by atoms with E-state index < -0.39 is 0 Å². The van der Waals surface area contributed by atoms with Gasteiger partial charge < -0.3 is 10.2 Å². The second kappa shape index (κ2) is 5.91. The summed E-state index contributed by atoms with van der Waals surface area (Å²) in [5, 5.41) is 12.0. The minimum Gasteiger partial charge on any atom is -0.337 e. The lowest BCUT2D eigenvalue weighted by Crippen LogP contribution is -2.47. The van der Waals surface area contributed by atoms with Crippen LogP contribution < -0.4 is 10.2 Å². The Morgan fingerprint density at radius 1 is 1.41 bits per heavy atom. The Labute approximate surface area is 157 Å². The third-order valence-electron chi connectivity index (χ3n) is 5.95. The van der Waals surface area contributed by atoms with Gasteiger partial charge >= 0.3 is 0 Å². The Morgan fingerprint density at radius 2 is 2.22 bits per heavy atom. The maximum absolute atomic E-state index is 12.6. The highest BCUT2D eigenvalue weighted by molar-refractivity contribution is 5.85. The number of hydroxylamine groups is 2. The number of aromatic amines is 1.